The fraction of sp³-hybridized carbons (Fsp3) is 0.316. The highest BCUT2D eigenvalue weighted by molar-refractivity contribution is 7.89. The number of aromatic nitrogens is 4. The Balaban J connectivity index is 1.39. The van der Waals surface area contributed by atoms with E-state index in [1.807, 2.05) is 17.9 Å². The average Bonchev–Trinajstić information content (AvgIpc) is 3.19. The molecule has 0 unspecified atom stereocenters. The molecule has 0 aliphatic carbocycles. The predicted octanol–water partition coefficient (Wildman–Crippen LogP) is 2.38. The Hall–Kier alpha value is -3.19. The highest BCUT2D eigenvalue weighted by atomic mass is 32.2. The van der Waals surface area contributed by atoms with Gasteiger partial charge in [0.1, 0.15) is 5.75 Å². The molecular weight excluding hydrogens is 449 g/mol. The first-order valence-electron chi connectivity index (χ1n) is 9.59. The third-order valence-electron chi connectivity index (χ3n) is 4.85. The lowest BCUT2D eigenvalue weighted by Crippen LogP contribution is -2.49. The summed E-state index contributed by atoms with van der Waals surface area (Å²) in [6, 6.07) is 9.59. The number of nitrogens with zero attached hydrogens (tertiary/aromatic N) is 6. The van der Waals surface area contributed by atoms with Gasteiger partial charge in [0.25, 0.3) is 0 Å². The summed E-state index contributed by atoms with van der Waals surface area (Å²) in [6.07, 6.45) is -3.06. The van der Waals surface area contributed by atoms with E-state index in [0.717, 1.165) is 30.0 Å². The fourth-order valence-electron chi connectivity index (χ4n) is 3.27. The first-order valence-corrected chi connectivity index (χ1v) is 11.0. The van der Waals surface area contributed by atoms with Crippen LogP contribution in [0.15, 0.2) is 53.6 Å². The largest absolute Gasteiger partial charge is 0.573 e. The Morgan fingerprint density at radius 1 is 0.906 bits per heavy atom. The van der Waals surface area contributed by atoms with E-state index in [1.54, 1.807) is 23.0 Å². The van der Waals surface area contributed by atoms with Gasteiger partial charge in [0.15, 0.2) is 11.6 Å². The van der Waals surface area contributed by atoms with Gasteiger partial charge in [0.05, 0.1) is 10.6 Å². The maximum Gasteiger partial charge on any atom is 0.573 e. The Bertz CT molecular complexity index is 1170. The summed E-state index contributed by atoms with van der Waals surface area (Å²) < 4.78 is 69.2. The van der Waals surface area contributed by atoms with Crippen LogP contribution in [0.1, 0.15) is 5.69 Å². The van der Waals surface area contributed by atoms with Crippen LogP contribution in [0.4, 0.5) is 19.0 Å². The first-order chi connectivity index (χ1) is 15.1. The van der Waals surface area contributed by atoms with E-state index in [4.69, 9.17) is 0 Å². The van der Waals surface area contributed by atoms with Gasteiger partial charge in [-0.25, -0.2) is 13.1 Å². The molecule has 1 aliphatic heterocycles. The highest BCUT2D eigenvalue weighted by Gasteiger charge is 2.32. The number of aryl methyl sites for hydroxylation is 1. The number of ether oxygens (including phenoxy) is 1. The van der Waals surface area contributed by atoms with E-state index in [-0.39, 0.29) is 18.0 Å². The number of anilines is 1. The van der Waals surface area contributed by atoms with Gasteiger partial charge in [0.2, 0.25) is 10.0 Å². The van der Waals surface area contributed by atoms with Gasteiger partial charge in [-0.1, -0.05) is 0 Å². The topological polar surface area (TPSA) is 93.5 Å². The molecule has 1 fully saturated rings. The van der Waals surface area contributed by atoms with Crippen LogP contribution in [0, 0.1) is 6.92 Å². The zero-order valence-corrected chi connectivity index (χ0v) is 17.7. The van der Waals surface area contributed by atoms with E-state index in [2.05, 4.69) is 20.0 Å². The molecule has 0 atom stereocenters. The second-order valence-corrected chi connectivity index (χ2v) is 9.00. The Morgan fingerprint density at radius 3 is 2.06 bits per heavy atom. The molecule has 0 radical (unpaired) electrons. The van der Waals surface area contributed by atoms with Crippen molar-refractivity contribution in [2.45, 2.75) is 18.2 Å². The molecule has 1 saturated heterocycles. The van der Waals surface area contributed by atoms with Crippen LogP contribution in [-0.2, 0) is 10.0 Å². The molecule has 0 spiro atoms. The molecule has 13 heteroatoms. The second kappa shape index (κ2) is 8.39. The number of benzene rings is 1. The molecule has 1 aromatic carbocycles. The van der Waals surface area contributed by atoms with Gasteiger partial charge >= 0.3 is 6.36 Å². The van der Waals surface area contributed by atoms with Crippen molar-refractivity contribution in [1.82, 2.24) is 24.3 Å². The van der Waals surface area contributed by atoms with E-state index in [9.17, 15) is 21.6 Å². The van der Waals surface area contributed by atoms with Crippen molar-refractivity contribution in [2.24, 2.45) is 0 Å². The molecule has 4 rings (SSSR count). The number of hydrogen-bond donors (Lipinski definition) is 0. The monoisotopic (exact) mass is 468 g/mol. The normalized spacial score (nSPS) is 15.7. The SMILES string of the molecule is Cc1ccn(-c2ccc(N3CCN(S(=O)(=O)c4ccc(OC(F)(F)F)cc4)CC3)nn2)n1. The molecule has 0 saturated carbocycles. The summed E-state index contributed by atoms with van der Waals surface area (Å²) in [4.78, 5) is 1.82. The molecule has 0 amide bonds. The summed E-state index contributed by atoms with van der Waals surface area (Å²) in [5, 5.41) is 12.7. The lowest BCUT2D eigenvalue weighted by Gasteiger charge is -2.34. The van der Waals surface area contributed by atoms with Crippen LogP contribution in [-0.4, -0.2) is 65.2 Å². The van der Waals surface area contributed by atoms with Crippen LogP contribution in [0.25, 0.3) is 5.82 Å². The van der Waals surface area contributed by atoms with Crippen LogP contribution in [0.5, 0.6) is 5.75 Å². The zero-order valence-electron chi connectivity index (χ0n) is 16.9. The fourth-order valence-corrected chi connectivity index (χ4v) is 4.69. The van der Waals surface area contributed by atoms with Gasteiger partial charge in [-0.2, -0.15) is 9.40 Å². The number of alkyl halides is 3. The second-order valence-electron chi connectivity index (χ2n) is 7.06. The van der Waals surface area contributed by atoms with Crippen LogP contribution in [0.3, 0.4) is 0 Å². The van der Waals surface area contributed by atoms with Gasteiger partial charge in [-0.15, -0.1) is 23.4 Å². The van der Waals surface area contributed by atoms with Crippen molar-refractivity contribution in [3.05, 3.63) is 54.4 Å². The summed E-state index contributed by atoms with van der Waals surface area (Å²) in [7, 11) is -3.85. The van der Waals surface area contributed by atoms with Crippen molar-refractivity contribution in [1.29, 1.82) is 0 Å². The van der Waals surface area contributed by atoms with Crippen molar-refractivity contribution in [3.8, 4) is 11.6 Å². The summed E-state index contributed by atoms with van der Waals surface area (Å²) in [5.41, 5.74) is 0.857. The molecular formula is C19H19F3N6O3S. The summed E-state index contributed by atoms with van der Waals surface area (Å²) >= 11 is 0. The maximum atomic E-state index is 12.8. The van der Waals surface area contributed by atoms with E-state index >= 15 is 0 Å². The smallest absolute Gasteiger partial charge is 0.406 e. The molecule has 1 aliphatic rings. The van der Waals surface area contributed by atoms with E-state index in [1.165, 1.54) is 4.31 Å². The van der Waals surface area contributed by atoms with Crippen molar-refractivity contribution in [2.75, 3.05) is 31.1 Å². The predicted molar refractivity (Wildman–Crippen MR) is 108 cm³/mol. The van der Waals surface area contributed by atoms with Crippen molar-refractivity contribution in [3.63, 3.8) is 0 Å². The molecule has 9 nitrogen and oxygen atoms in total. The first kappa shape index (κ1) is 22.0. The van der Waals surface area contributed by atoms with Gasteiger partial charge < -0.3 is 9.64 Å². The Labute approximate surface area is 182 Å². The van der Waals surface area contributed by atoms with Crippen molar-refractivity contribution < 1.29 is 26.3 Å². The minimum absolute atomic E-state index is 0.0980. The molecule has 0 bridgehead atoms. The minimum Gasteiger partial charge on any atom is -0.406 e. The van der Waals surface area contributed by atoms with Crippen LogP contribution >= 0.6 is 0 Å². The lowest BCUT2D eigenvalue weighted by atomic mass is 10.3. The number of piperazine rings is 1. The Kier molecular flexibility index (Phi) is 5.77. The summed E-state index contributed by atoms with van der Waals surface area (Å²) in [6.45, 7) is 3.05. The molecule has 3 heterocycles. The number of sulfonamides is 1. The number of hydrogen-bond acceptors (Lipinski definition) is 7. The standard InChI is InChI=1S/C19H19F3N6O3S/c1-14-8-9-28(25-14)18-7-6-17(23-24-18)26-10-12-27(13-11-26)32(29,30)16-4-2-15(3-5-16)31-19(20,21)22/h2-9H,10-13H2,1H3. The van der Waals surface area contributed by atoms with Crippen molar-refractivity contribution >= 4 is 15.8 Å². The molecule has 3 aromatic rings. The number of rotatable bonds is 5. The summed E-state index contributed by atoms with van der Waals surface area (Å²) in [5.74, 6) is 0.706. The minimum atomic E-state index is -4.84. The van der Waals surface area contributed by atoms with Gasteiger partial charge in [-0.05, 0) is 49.4 Å². The molecule has 32 heavy (non-hydrogen) atoms. The number of halogens is 3. The quantitative estimate of drug-likeness (QED) is 0.568. The lowest BCUT2D eigenvalue weighted by molar-refractivity contribution is -0.274. The van der Waals surface area contributed by atoms with Crippen LogP contribution in [0.2, 0.25) is 0 Å². The third-order valence-corrected chi connectivity index (χ3v) is 6.76. The third kappa shape index (κ3) is 4.83. The zero-order chi connectivity index (χ0) is 22.9. The maximum absolute atomic E-state index is 12.8. The van der Waals surface area contributed by atoms with Gasteiger partial charge in [0, 0.05) is 32.4 Å². The molecule has 170 valence electrons. The molecule has 2 aromatic heterocycles. The average molecular weight is 468 g/mol. The van der Waals surface area contributed by atoms with E-state index < -0.39 is 22.1 Å². The van der Waals surface area contributed by atoms with E-state index in [0.29, 0.717) is 24.7 Å². The highest BCUT2D eigenvalue weighted by Crippen LogP contribution is 2.26. The van der Waals surface area contributed by atoms with Crippen LogP contribution < -0.4 is 9.64 Å². The Morgan fingerprint density at radius 2 is 1.53 bits per heavy atom. The van der Waals surface area contributed by atoms with Gasteiger partial charge in [-0.3, -0.25) is 0 Å². The molecule has 0 N–H and O–H groups in total.